The van der Waals surface area contributed by atoms with E-state index in [0.29, 0.717) is 0 Å². The minimum absolute atomic E-state index is 0.902. The third kappa shape index (κ3) is 2.11. The van der Waals surface area contributed by atoms with Crippen LogP contribution in [0.3, 0.4) is 0 Å². The number of para-hydroxylation sites is 1. The van der Waals surface area contributed by atoms with Crippen LogP contribution in [0.25, 0.3) is 21.9 Å². The molecular formula is C20H16O. The van der Waals surface area contributed by atoms with Crippen molar-refractivity contribution in [2.45, 2.75) is 13.3 Å². The number of fused-ring (bicyclic) bond motifs is 3. The first-order chi connectivity index (χ1) is 10.3. The topological polar surface area (TPSA) is 13.1 Å². The lowest BCUT2D eigenvalue weighted by Crippen LogP contribution is -1.89. The van der Waals surface area contributed by atoms with Crippen molar-refractivity contribution in [3.05, 3.63) is 83.4 Å². The Labute approximate surface area is 123 Å². The highest BCUT2D eigenvalue weighted by molar-refractivity contribution is 6.06. The lowest BCUT2D eigenvalue weighted by molar-refractivity contribution is 0.664. The van der Waals surface area contributed by atoms with Crippen molar-refractivity contribution in [3.8, 4) is 0 Å². The second kappa shape index (κ2) is 4.78. The van der Waals surface area contributed by atoms with E-state index in [1.165, 1.54) is 27.5 Å². The third-order valence-corrected chi connectivity index (χ3v) is 3.94. The minimum atomic E-state index is 0.902. The van der Waals surface area contributed by atoms with Crippen LogP contribution in [0.2, 0.25) is 0 Å². The van der Waals surface area contributed by atoms with Crippen molar-refractivity contribution in [1.29, 1.82) is 0 Å². The first-order valence-corrected chi connectivity index (χ1v) is 7.26. The van der Waals surface area contributed by atoms with Crippen molar-refractivity contribution >= 4 is 21.9 Å². The summed E-state index contributed by atoms with van der Waals surface area (Å²) < 4.78 is 6.11. The summed E-state index contributed by atoms with van der Waals surface area (Å²) in [6.07, 6.45) is 0.902. The van der Waals surface area contributed by atoms with Gasteiger partial charge in [0.25, 0.3) is 0 Å². The molecule has 0 saturated heterocycles. The Kier molecular flexibility index (Phi) is 2.78. The molecule has 3 aromatic carbocycles. The summed E-state index contributed by atoms with van der Waals surface area (Å²) in [6.45, 7) is 2.15. The van der Waals surface area contributed by atoms with Crippen LogP contribution in [-0.4, -0.2) is 0 Å². The molecule has 4 rings (SSSR count). The first kappa shape index (κ1) is 12.2. The average molecular weight is 272 g/mol. The van der Waals surface area contributed by atoms with Crippen molar-refractivity contribution in [3.63, 3.8) is 0 Å². The van der Waals surface area contributed by atoms with Gasteiger partial charge < -0.3 is 4.42 Å². The SMILES string of the molecule is Cc1cc(Cc2ccccc2)c2oc3ccccc3c2c1. The maximum absolute atomic E-state index is 6.11. The van der Waals surface area contributed by atoms with Gasteiger partial charge in [0.1, 0.15) is 11.2 Å². The molecule has 1 heterocycles. The fourth-order valence-electron chi connectivity index (χ4n) is 3.00. The Hall–Kier alpha value is -2.54. The molecule has 1 nitrogen and oxygen atoms in total. The molecule has 0 fully saturated rings. The van der Waals surface area contributed by atoms with Crippen LogP contribution in [0.15, 0.2) is 71.1 Å². The molecule has 0 unspecified atom stereocenters. The van der Waals surface area contributed by atoms with Crippen LogP contribution in [0.5, 0.6) is 0 Å². The van der Waals surface area contributed by atoms with Crippen LogP contribution < -0.4 is 0 Å². The standard InChI is InChI=1S/C20H16O/c1-14-11-16(13-15-7-3-2-4-8-15)20-18(12-14)17-9-5-6-10-19(17)21-20/h2-12H,13H2,1H3. The molecule has 0 bridgehead atoms. The van der Waals surface area contributed by atoms with E-state index < -0.39 is 0 Å². The van der Waals surface area contributed by atoms with Gasteiger partial charge in [-0.2, -0.15) is 0 Å². The lowest BCUT2D eigenvalue weighted by atomic mass is 10.00. The summed E-state index contributed by atoms with van der Waals surface area (Å²) in [4.78, 5) is 0. The van der Waals surface area contributed by atoms with Crippen molar-refractivity contribution in [1.82, 2.24) is 0 Å². The zero-order valence-electron chi connectivity index (χ0n) is 12.0. The van der Waals surface area contributed by atoms with Crippen LogP contribution in [-0.2, 0) is 6.42 Å². The largest absolute Gasteiger partial charge is 0.456 e. The molecule has 0 spiro atoms. The van der Waals surface area contributed by atoms with E-state index >= 15 is 0 Å². The maximum Gasteiger partial charge on any atom is 0.138 e. The van der Waals surface area contributed by atoms with Gasteiger partial charge in [-0.15, -0.1) is 0 Å². The molecule has 0 radical (unpaired) electrons. The van der Waals surface area contributed by atoms with Gasteiger partial charge in [0, 0.05) is 22.8 Å². The Bertz CT molecular complexity index is 917. The number of benzene rings is 3. The molecule has 102 valence electrons. The monoisotopic (exact) mass is 272 g/mol. The van der Waals surface area contributed by atoms with Gasteiger partial charge >= 0.3 is 0 Å². The summed E-state index contributed by atoms with van der Waals surface area (Å²) in [7, 11) is 0. The van der Waals surface area contributed by atoms with E-state index in [1.54, 1.807) is 0 Å². The molecule has 0 aliphatic rings. The van der Waals surface area contributed by atoms with E-state index in [4.69, 9.17) is 4.42 Å². The fraction of sp³-hybridized carbons (Fsp3) is 0.100. The first-order valence-electron chi connectivity index (χ1n) is 7.26. The van der Waals surface area contributed by atoms with Gasteiger partial charge in [0.15, 0.2) is 0 Å². The summed E-state index contributed by atoms with van der Waals surface area (Å²) in [5.74, 6) is 0. The molecule has 1 heteroatoms. The van der Waals surface area contributed by atoms with Gasteiger partial charge in [-0.3, -0.25) is 0 Å². The molecule has 21 heavy (non-hydrogen) atoms. The summed E-state index contributed by atoms with van der Waals surface area (Å²) >= 11 is 0. The number of aryl methyl sites for hydroxylation is 1. The summed E-state index contributed by atoms with van der Waals surface area (Å²) in [5, 5.41) is 2.42. The number of rotatable bonds is 2. The Balaban J connectivity index is 1.96. The quantitative estimate of drug-likeness (QED) is 0.470. The number of furan rings is 1. The van der Waals surface area contributed by atoms with Crippen LogP contribution in [0.4, 0.5) is 0 Å². The van der Waals surface area contributed by atoms with Gasteiger partial charge in [0.05, 0.1) is 0 Å². The Morgan fingerprint density at radius 2 is 1.57 bits per heavy atom. The zero-order chi connectivity index (χ0) is 14.2. The smallest absolute Gasteiger partial charge is 0.138 e. The zero-order valence-corrected chi connectivity index (χ0v) is 12.0. The van der Waals surface area contributed by atoms with Crippen LogP contribution in [0, 0.1) is 6.92 Å². The normalized spacial score (nSPS) is 11.3. The number of hydrogen-bond acceptors (Lipinski definition) is 1. The van der Waals surface area contributed by atoms with Crippen LogP contribution >= 0.6 is 0 Å². The van der Waals surface area contributed by atoms with Gasteiger partial charge in [0.2, 0.25) is 0 Å². The van der Waals surface area contributed by atoms with Gasteiger partial charge in [-0.1, -0.05) is 54.6 Å². The van der Waals surface area contributed by atoms with E-state index in [2.05, 4.69) is 61.5 Å². The molecule has 0 N–H and O–H groups in total. The van der Waals surface area contributed by atoms with E-state index in [9.17, 15) is 0 Å². The van der Waals surface area contributed by atoms with Crippen LogP contribution in [0.1, 0.15) is 16.7 Å². The second-order valence-electron chi connectivity index (χ2n) is 5.56. The van der Waals surface area contributed by atoms with Crippen molar-refractivity contribution < 1.29 is 4.42 Å². The predicted octanol–water partition coefficient (Wildman–Crippen LogP) is 5.49. The van der Waals surface area contributed by atoms with Gasteiger partial charge in [-0.05, 0) is 30.2 Å². The third-order valence-electron chi connectivity index (χ3n) is 3.94. The van der Waals surface area contributed by atoms with E-state index in [1.807, 2.05) is 12.1 Å². The highest BCUT2D eigenvalue weighted by atomic mass is 16.3. The maximum atomic E-state index is 6.11. The molecule has 0 amide bonds. The van der Waals surface area contributed by atoms with E-state index in [0.717, 1.165) is 17.6 Å². The molecule has 4 aromatic rings. The van der Waals surface area contributed by atoms with Crippen molar-refractivity contribution in [2.24, 2.45) is 0 Å². The van der Waals surface area contributed by atoms with E-state index in [-0.39, 0.29) is 0 Å². The highest BCUT2D eigenvalue weighted by Gasteiger charge is 2.11. The second-order valence-corrected chi connectivity index (χ2v) is 5.56. The molecule has 1 aromatic heterocycles. The Morgan fingerprint density at radius 3 is 2.43 bits per heavy atom. The fourth-order valence-corrected chi connectivity index (χ4v) is 3.00. The molecule has 0 saturated carbocycles. The number of hydrogen-bond donors (Lipinski definition) is 0. The predicted molar refractivity (Wildman–Crippen MR) is 87.7 cm³/mol. The summed E-state index contributed by atoms with van der Waals surface area (Å²) in [6, 6.07) is 23.3. The molecule has 0 aliphatic heterocycles. The molecule has 0 aliphatic carbocycles. The van der Waals surface area contributed by atoms with Crippen molar-refractivity contribution in [2.75, 3.05) is 0 Å². The molecular weight excluding hydrogens is 256 g/mol. The average Bonchev–Trinajstić information content (AvgIpc) is 2.87. The Morgan fingerprint density at radius 1 is 0.810 bits per heavy atom. The highest BCUT2D eigenvalue weighted by Crippen LogP contribution is 2.32. The van der Waals surface area contributed by atoms with Gasteiger partial charge in [-0.25, -0.2) is 0 Å². The molecule has 0 atom stereocenters. The minimum Gasteiger partial charge on any atom is -0.456 e. The lowest BCUT2D eigenvalue weighted by Gasteiger charge is -2.04. The summed E-state index contributed by atoms with van der Waals surface area (Å²) in [5.41, 5.74) is 5.83.